The van der Waals surface area contributed by atoms with Crippen molar-refractivity contribution >= 4 is 44.7 Å². The zero-order chi connectivity index (χ0) is 16.0. The highest BCUT2D eigenvalue weighted by Gasteiger charge is 2.16. The summed E-state index contributed by atoms with van der Waals surface area (Å²) in [5, 5.41) is 9.93. The number of H-pyrrole nitrogens is 1. The van der Waals surface area contributed by atoms with Gasteiger partial charge < -0.3 is 9.72 Å². The van der Waals surface area contributed by atoms with E-state index in [1.165, 1.54) is 6.07 Å². The van der Waals surface area contributed by atoms with Gasteiger partial charge in [-0.15, -0.1) is 0 Å². The summed E-state index contributed by atoms with van der Waals surface area (Å²) in [6, 6.07) is 1.37. The van der Waals surface area contributed by atoms with Crippen LogP contribution in [0.5, 0.6) is 0 Å². The van der Waals surface area contributed by atoms with Crippen LogP contribution in [0, 0.1) is 5.82 Å². The van der Waals surface area contributed by atoms with E-state index in [1.54, 1.807) is 29.2 Å². The van der Waals surface area contributed by atoms with Crippen molar-refractivity contribution in [2.45, 2.75) is 0 Å². The lowest BCUT2D eigenvalue weighted by Crippen LogP contribution is -1.93. The Morgan fingerprint density at radius 3 is 3.04 bits per heavy atom. The van der Waals surface area contributed by atoms with Gasteiger partial charge in [-0.1, -0.05) is 0 Å². The second kappa shape index (κ2) is 5.13. The lowest BCUT2D eigenvalue weighted by molar-refractivity contribution is -0.105. The molecule has 23 heavy (non-hydrogen) atoms. The molecule has 0 unspecified atom stereocenters. The van der Waals surface area contributed by atoms with E-state index in [0.29, 0.717) is 39.1 Å². The average Bonchev–Trinajstić information content (AvgIpc) is 3.14. The molecule has 3 heterocycles. The smallest absolute Gasteiger partial charge is 0.212 e. The number of hydrogen-bond donors (Lipinski definition) is 2. The fourth-order valence-corrected chi connectivity index (χ4v) is 2.97. The van der Waals surface area contributed by atoms with Gasteiger partial charge in [0.25, 0.3) is 0 Å². The van der Waals surface area contributed by atoms with Crippen molar-refractivity contribution in [1.82, 2.24) is 24.6 Å². The number of nitrogens with zero attached hydrogens (tertiary/aromatic N) is 4. The predicted molar refractivity (Wildman–Crippen MR) is 85.4 cm³/mol. The van der Waals surface area contributed by atoms with Gasteiger partial charge in [0.05, 0.1) is 34.3 Å². The maximum Gasteiger partial charge on any atom is 0.212 e. The van der Waals surface area contributed by atoms with Crippen LogP contribution in [0.2, 0.25) is 0 Å². The Labute approximate surface area is 136 Å². The third kappa shape index (κ3) is 2.16. The predicted octanol–water partition coefficient (Wildman–Crippen LogP) is 2.74. The van der Waals surface area contributed by atoms with Crippen LogP contribution in [0.15, 0.2) is 35.3 Å². The minimum atomic E-state index is -0.410. The monoisotopic (exact) mass is 374 g/mol. The number of carbonyl (C=O) groups is 1. The second-order valence-electron chi connectivity index (χ2n) is 4.80. The van der Waals surface area contributed by atoms with Gasteiger partial charge in [0.2, 0.25) is 6.41 Å². The van der Waals surface area contributed by atoms with Crippen LogP contribution in [0.4, 0.5) is 10.2 Å². The summed E-state index contributed by atoms with van der Waals surface area (Å²) in [4.78, 5) is 19.0. The van der Waals surface area contributed by atoms with E-state index in [2.05, 4.69) is 41.4 Å². The molecule has 0 atom stereocenters. The summed E-state index contributed by atoms with van der Waals surface area (Å²) in [7, 11) is 0. The molecule has 1 amide bonds. The molecule has 4 aromatic rings. The Morgan fingerprint density at radius 1 is 1.35 bits per heavy atom. The summed E-state index contributed by atoms with van der Waals surface area (Å²) in [5.41, 5.74) is 2.28. The van der Waals surface area contributed by atoms with E-state index < -0.39 is 5.82 Å². The molecule has 3 aromatic heterocycles. The van der Waals surface area contributed by atoms with E-state index >= 15 is 0 Å². The van der Waals surface area contributed by atoms with Crippen LogP contribution in [-0.4, -0.2) is 31.0 Å². The van der Waals surface area contributed by atoms with Crippen LogP contribution in [0.3, 0.4) is 0 Å². The molecule has 0 bridgehead atoms. The quantitative estimate of drug-likeness (QED) is 0.539. The van der Waals surface area contributed by atoms with Crippen molar-refractivity contribution < 1.29 is 9.18 Å². The van der Waals surface area contributed by atoms with Crippen LogP contribution >= 0.6 is 15.9 Å². The van der Waals surface area contributed by atoms with Crippen molar-refractivity contribution in [3.63, 3.8) is 0 Å². The molecule has 114 valence electrons. The number of hydrogen-bond acceptors (Lipinski definition) is 4. The van der Waals surface area contributed by atoms with Gasteiger partial charge in [-0.2, -0.15) is 5.10 Å². The highest BCUT2D eigenvalue weighted by atomic mass is 79.9. The molecule has 0 spiro atoms. The highest BCUT2D eigenvalue weighted by molar-refractivity contribution is 9.10. The SMILES string of the molecule is O=CNc1cn2cc(-c3c(Br)c(F)cc4[nH]ncc34)ncc2n1. The Balaban J connectivity index is 1.96. The number of nitrogens with one attached hydrogen (secondary N) is 2. The van der Waals surface area contributed by atoms with Crippen LogP contribution < -0.4 is 5.32 Å². The zero-order valence-corrected chi connectivity index (χ0v) is 13.0. The lowest BCUT2D eigenvalue weighted by atomic mass is 10.1. The van der Waals surface area contributed by atoms with Gasteiger partial charge in [0.1, 0.15) is 5.82 Å². The summed E-state index contributed by atoms with van der Waals surface area (Å²) in [6.07, 6.45) is 7.08. The normalized spacial score (nSPS) is 11.2. The fourth-order valence-electron chi connectivity index (χ4n) is 2.44. The van der Waals surface area contributed by atoms with E-state index in [9.17, 15) is 9.18 Å². The number of aromatic amines is 1. The number of benzene rings is 1. The molecule has 0 aliphatic carbocycles. The number of imidazole rings is 1. The van der Waals surface area contributed by atoms with E-state index in [1.807, 2.05) is 0 Å². The van der Waals surface area contributed by atoms with Crippen molar-refractivity contribution in [3.05, 3.63) is 41.1 Å². The number of fused-ring (bicyclic) bond motifs is 2. The van der Waals surface area contributed by atoms with Crippen molar-refractivity contribution in [3.8, 4) is 11.3 Å². The summed E-state index contributed by atoms with van der Waals surface area (Å²) in [6.45, 7) is 0. The van der Waals surface area contributed by atoms with Crippen LogP contribution in [0.1, 0.15) is 0 Å². The molecule has 0 saturated carbocycles. The number of anilines is 1. The maximum absolute atomic E-state index is 14.1. The summed E-state index contributed by atoms with van der Waals surface area (Å²) in [5.74, 6) is -0.00157. The molecule has 1 aromatic carbocycles. The molecule has 0 saturated heterocycles. The van der Waals surface area contributed by atoms with E-state index in [0.717, 1.165) is 5.39 Å². The Hall–Kier alpha value is -2.81. The van der Waals surface area contributed by atoms with E-state index in [4.69, 9.17) is 0 Å². The van der Waals surface area contributed by atoms with Gasteiger partial charge in [-0.05, 0) is 15.9 Å². The van der Waals surface area contributed by atoms with Crippen molar-refractivity contribution in [2.24, 2.45) is 0 Å². The van der Waals surface area contributed by atoms with Gasteiger partial charge >= 0.3 is 0 Å². The van der Waals surface area contributed by atoms with Crippen LogP contribution in [-0.2, 0) is 4.79 Å². The molecule has 7 nitrogen and oxygen atoms in total. The summed E-state index contributed by atoms with van der Waals surface area (Å²) < 4.78 is 16.1. The number of amides is 1. The minimum absolute atomic E-state index is 0.310. The topological polar surface area (TPSA) is 88.0 Å². The Morgan fingerprint density at radius 2 is 2.22 bits per heavy atom. The van der Waals surface area contributed by atoms with Crippen molar-refractivity contribution in [2.75, 3.05) is 5.32 Å². The third-order valence-electron chi connectivity index (χ3n) is 3.44. The maximum atomic E-state index is 14.1. The lowest BCUT2D eigenvalue weighted by Gasteiger charge is -2.07. The third-order valence-corrected chi connectivity index (χ3v) is 4.22. The van der Waals surface area contributed by atoms with Gasteiger partial charge in [-0.3, -0.25) is 14.9 Å². The molecule has 0 radical (unpaired) electrons. The summed E-state index contributed by atoms with van der Waals surface area (Å²) >= 11 is 3.28. The molecule has 0 aliphatic rings. The Kier molecular flexibility index (Phi) is 3.08. The van der Waals surface area contributed by atoms with Gasteiger partial charge in [0.15, 0.2) is 11.5 Å². The number of halogens is 2. The number of aromatic nitrogens is 5. The molecule has 2 N–H and O–H groups in total. The highest BCUT2D eigenvalue weighted by Crippen LogP contribution is 2.35. The minimum Gasteiger partial charge on any atom is -0.312 e. The molecule has 4 rings (SSSR count). The second-order valence-corrected chi connectivity index (χ2v) is 5.60. The number of rotatable bonds is 3. The first-order valence-corrected chi connectivity index (χ1v) is 7.33. The molecule has 0 aliphatic heterocycles. The first kappa shape index (κ1) is 13.8. The fraction of sp³-hybridized carbons (Fsp3) is 0. The van der Waals surface area contributed by atoms with Gasteiger partial charge in [0, 0.05) is 23.2 Å². The number of carbonyl (C=O) groups excluding carboxylic acids is 1. The largest absolute Gasteiger partial charge is 0.312 e. The first-order valence-electron chi connectivity index (χ1n) is 6.54. The molecule has 9 heteroatoms. The molecule has 0 fully saturated rings. The standard InChI is InChI=1S/C14H8BrFN6O/c15-14-8(16)1-9-7(2-19-21-9)13(14)10-4-22-5-11(18-6-23)20-12(22)3-17-10/h1-6H,(H,18,23)(H,19,21). The average molecular weight is 375 g/mol. The van der Waals surface area contributed by atoms with E-state index in [-0.39, 0.29) is 0 Å². The zero-order valence-electron chi connectivity index (χ0n) is 11.4. The first-order chi connectivity index (χ1) is 11.2. The van der Waals surface area contributed by atoms with Crippen molar-refractivity contribution in [1.29, 1.82) is 0 Å². The molecular formula is C14H8BrFN6O. The molecular weight excluding hydrogens is 367 g/mol. The van der Waals surface area contributed by atoms with Crippen LogP contribution in [0.25, 0.3) is 27.8 Å². The van der Waals surface area contributed by atoms with Gasteiger partial charge in [-0.25, -0.2) is 9.37 Å². The Bertz CT molecular complexity index is 1060.